The van der Waals surface area contributed by atoms with Crippen molar-refractivity contribution in [3.8, 4) is 17.1 Å². The van der Waals surface area contributed by atoms with E-state index in [0.29, 0.717) is 16.9 Å². The fraction of sp³-hybridized carbons (Fsp3) is 0.400. The first-order valence-electron chi connectivity index (χ1n) is 9.80. The predicted molar refractivity (Wildman–Crippen MR) is 110 cm³/mol. The molecule has 31 heavy (non-hydrogen) atoms. The summed E-state index contributed by atoms with van der Waals surface area (Å²) < 4.78 is 31.5. The fourth-order valence-corrected chi connectivity index (χ4v) is 2.87. The molecule has 3 aromatic heterocycles. The number of hydrogen-bond donors (Lipinski definition) is 2. The SMILES string of the molecule is CC(C)C(=O)O.FC(F)Oc1ncccc1-c1cnc2ccc(N3CCNCC3)nn12. The molecule has 1 saturated heterocycles. The van der Waals surface area contributed by atoms with Gasteiger partial charge in [0.1, 0.15) is 5.82 Å². The number of aromatic nitrogens is 4. The third kappa shape index (κ3) is 5.63. The maximum absolute atomic E-state index is 12.7. The van der Waals surface area contributed by atoms with Gasteiger partial charge in [-0.2, -0.15) is 8.78 Å². The van der Waals surface area contributed by atoms with Crippen molar-refractivity contribution >= 4 is 17.4 Å². The number of imidazole rings is 1. The van der Waals surface area contributed by atoms with Crippen LogP contribution in [0.4, 0.5) is 14.6 Å². The predicted octanol–water partition coefficient (Wildman–Crippen LogP) is 2.53. The van der Waals surface area contributed by atoms with E-state index in [9.17, 15) is 13.6 Å². The van der Waals surface area contributed by atoms with E-state index in [-0.39, 0.29) is 11.8 Å². The third-order valence-corrected chi connectivity index (χ3v) is 4.53. The van der Waals surface area contributed by atoms with Crippen molar-refractivity contribution in [3.05, 3.63) is 36.7 Å². The van der Waals surface area contributed by atoms with Crippen molar-refractivity contribution in [3.63, 3.8) is 0 Å². The van der Waals surface area contributed by atoms with Crippen molar-refractivity contribution in [1.29, 1.82) is 0 Å². The van der Waals surface area contributed by atoms with Gasteiger partial charge in [0, 0.05) is 32.4 Å². The van der Waals surface area contributed by atoms with Crippen LogP contribution in [0.1, 0.15) is 13.8 Å². The van der Waals surface area contributed by atoms with E-state index in [4.69, 9.17) is 5.11 Å². The van der Waals surface area contributed by atoms with Gasteiger partial charge in [-0.1, -0.05) is 13.8 Å². The first-order chi connectivity index (χ1) is 14.9. The Hall–Kier alpha value is -3.34. The summed E-state index contributed by atoms with van der Waals surface area (Å²) in [6, 6.07) is 7.09. The average molecular weight is 434 g/mol. The molecule has 1 aliphatic heterocycles. The maximum Gasteiger partial charge on any atom is 0.388 e. The van der Waals surface area contributed by atoms with Crippen LogP contribution < -0.4 is 15.0 Å². The molecule has 0 aliphatic carbocycles. The summed E-state index contributed by atoms with van der Waals surface area (Å²) in [5.74, 6) is -0.304. The Bertz CT molecular complexity index is 1020. The highest BCUT2D eigenvalue weighted by Crippen LogP contribution is 2.29. The number of carbonyl (C=O) groups is 1. The van der Waals surface area contributed by atoms with Crippen LogP contribution in [0, 0.1) is 5.92 Å². The summed E-state index contributed by atoms with van der Waals surface area (Å²) in [6.07, 6.45) is 2.99. The van der Waals surface area contributed by atoms with E-state index in [0.717, 1.165) is 32.0 Å². The van der Waals surface area contributed by atoms with Crippen molar-refractivity contribution < 1.29 is 23.4 Å². The van der Waals surface area contributed by atoms with Crippen LogP contribution >= 0.6 is 0 Å². The Morgan fingerprint density at radius 2 is 1.90 bits per heavy atom. The molecule has 0 spiro atoms. The summed E-state index contributed by atoms with van der Waals surface area (Å²) >= 11 is 0. The minimum absolute atomic E-state index is 0.145. The number of nitrogens with zero attached hydrogens (tertiary/aromatic N) is 5. The van der Waals surface area contributed by atoms with Gasteiger partial charge in [-0.3, -0.25) is 4.79 Å². The summed E-state index contributed by atoms with van der Waals surface area (Å²) in [7, 11) is 0. The molecule has 0 unspecified atom stereocenters. The van der Waals surface area contributed by atoms with Gasteiger partial charge in [-0.25, -0.2) is 14.5 Å². The quantitative estimate of drug-likeness (QED) is 0.631. The van der Waals surface area contributed by atoms with Crippen LogP contribution in [0.15, 0.2) is 36.7 Å². The van der Waals surface area contributed by atoms with Crippen molar-refractivity contribution in [2.45, 2.75) is 20.5 Å². The number of halogens is 2. The summed E-state index contributed by atoms with van der Waals surface area (Å²) in [5.41, 5.74) is 1.59. The molecule has 0 atom stereocenters. The summed E-state index contributed by atoms with van der Waals surface area (Å²) in [6.45, 7) is 3.84. The van der Waals surface area contributed by atoms with Crippen LogP contribution in [-0.2, 0) is 4.79 Å². The second-order valence-corrected chi connectivity index (χ2v) is 7.07. The largest absolute Gasteiger partial charge is 0.481 e. The molecule has 1 aliphatic rings. The number of anilines is 1. The van der Waals surface area contributed by atoms with Gasteiger partial charge >= 0.3 is 12.6 Å². The lowest BCUT2D eigenvalue weighted by Crippen LogP contribution is -2.44. The minimum atomic E-state index is -2.95. The standard InChI is InChI=1S/C16H16F2N6O.C4H8O2/c17-16(18)25-15-11(2-1-5-20-15)12-10-21-13-3-4-14(22-24(12)13)23-8-6-19-7-9-23;1-3(2)4(5)6/h1-5,10,16,19H,6-9H2;3H,1-2H3,(H,5,6). The molecule has 9 nitrogen and oxygen atoms in total. The van der Waals surface area contributed by atoms with Crippen molar-refractivity contribution in [2.75, 3.05) is 31.1 Å². The number of aliphatic carboxylic acids is 1. The molecule has 11 heteroatoms. The summed E-state index contributed by atoms with van der Waals surface area (Å²) in [5, 5.41) is 15.9. The molecule has 0 saturated carbocycles. The molecule has 0 aromatic carbocycles. The van der Waals surface area contributed by atoms with Crippen LogP contribution in [0.2, 0.25) is 0 Å². The van der Waals surface area contributed by atoms with Crippen LogP contribution in [0.3, 0.4) is 0 Å². The zero-order chi connectivity index (χ0) is 22.4. The van der Waals surface area contributed by atoms with Gasteiger partial charge in [0.15, 0.2) is 5.65 Å². The Balaban J connectivity index is 0.000000401. The number of carboxylic acid groups (broad SMARTS) is 1. The van der Waals surface area contributed by atoms with E-state index in [1.807, 2.05) is 12.1 Å². The molecule has 2 N–H and O–H groups in total. The molecule has 3 aromatic rings. The Labute approximate surface area is 177 Å². The number of ether oxygens (including phenoxy) is 1. The molecule has 0 bridgehead atoms. The molecule has 166 valence electrons. The van der Waals surface area contributed by atoms with Crippen LogP contribution in [0.5, 0.6) is 5.88 Å². The molecule has 1 fully saturated rings. The monoisotopic (exact) mass is 434 g/mol. The molecule has 0 radical (unpaired) electrons. The average Bonchev–Trinajstić information content (AvgIpc) is 3.18. The van der Waals surface area contributed by atoms with Gasteiger partial charge in [-0.05, 0) is 24.3 Å². The van der Waals surface area contributed by atoms with Gasteiger partial charge in [-0.15, -0.1) is 5.10 Å². The number of alkyl halides is 2. The van der Waals surface area contributed by atoms with Gasteiger partial charge in [0.25, 0.3) is 0 Å². The van der Waals surface area contributed by atoms with Crippen LogP contribution in [-0.4, -0.2) is 63.4 Å². The first kappa shape index (κ1) is 22.3. The lowest BCUT2D eigenvalue weighted by Gasteiger charge is -2.28. The normalized spacial score (nSPS) is 13.9. The number of hydrogen-bond acceptors (Lipinski definition) is 7. The number of carboxylic acids is 1. The van der Waals surface area contributed by atoms with E-state index < -0.39 is 12.6 Å². The fourth-order valence-electron chi connectivity index (χ4n) is 2.87. The zero-order valence-electron chi connectivity index (χ0n) is 17.2. The topological polar surface area (TPSA) is 105 Å². The zero-order valence-corrected chi connectivity index (χ0v) is 17.2. The lowest BCUT2D eigenvalue weighted by atomic mass is 10.2. The number of rotatable bonds is 5. The lowest BCUT2D eigenvalue weighted by molar-refractivity contribution is -0.140. The molecular weight excluding hydrogens is 410 g/mol. The smallest absolute Gasteiger partial charge is 0.388 e. The van der Waals surface area contributed by atoms with Gasteiger partial charge in [0.05, 0.1) is 23.4 Å². The Morgan fingerprint density at radius 3 is 2.55 bits per heavy atom. The van der Waals surface area contributed by atoms with Crippen molar-refractivity contribution in [2.24, 2.45) is 5.92 Å². The summed E-state index contributed by atoms with van der Waals surface area (Å²) in [4.78, 5) is 20.1. The Morgan fingerprint density at radius 1 is 1.19 bits per heavy atom. The second kappa shape index (κ2) is 10.1. The molecule has 4 rings (SSSR count). The Kier molecular flexibility index (Phi) is 7.29. The van der Waals surface area contributed by atoms with Crippen molar-refractivity contribution in [1.82, 2.24) is 24.9 Å². The molecular formula is C20H24F2N6O3. The highest BCUT2D eigenvalue weighted by Gasteiger charge is 2.18. The van der Waals surface area contributed by atoms with Gasteiger partial charge < -0.3 is 20.1 Å². The van der Waals surface area contributed by atoms with Gasteiger partial charge in [0.2, 0.25) is 5.88 Å². The highest BCUT2D eigenvalue weighted by atomic mass is 19.3. The van der Waals surface area contributed by atoms with E-state index in [1.54, 1.807) is 36.7 Å². The number of pyridine rings is 1. The number of piperazine rings is 1. The maximum atomic E-state index is 12.7. The number of fused-ring (bicyclic) bond motifs is 1. The minimum Gasteiger partial charge on any atom is -0.481 e. The number of nitrogens with one attached hydrogen (secondary N) is 1. The second-order valence-electron chi connectivity index (χ2n) is 7.07. The molecule has 0 amide bonds. The van der Waals surface area contributed by atoms with E-state index in [2.05, 4.69) is 30.0 Å². The van der Waals surface area contributed by atoms with E-state index >= 15 is 0 Å². The third-order valence-electron chi connectivity index (χ3n) is 4.53. The highest BCUT2D eigenvalue weighted by molar-refractivity contribution is 5.69. The first-order valence-corrected chi connectivity index (χ1v) is 9.80. The van der Waals surface area contributed by atoms with E-state index in [1.165, 1.54) is 6.20 Å². The molecule has 4 heterocycles. The van der Waals surface area contributed by atoms with Crippen LogP contribution in [0.25, 0.3) is 16.9 Å².